The number of ether oxygens (including phenoxy) is 2. The first kappa shape index (κ1) is 18.6. The van der Waals surface area contributed by atoms with Gasteiger partial charge in [-0.15, -0.1) is 0 Å². The maximum atomic E-state index is 11.2. The van der Waals surface area contributed by atoms with Gasteiger partial charge >= 0.3 is 0 Å². The molecule has 0 N–H and O–H groups in total. The van der Waals surface area contributed by atoms with Crippen LogP contribution in [0.4, 0.5) is 0 Å². The third-order valence-corrected chi connectivity index (χ3v) is 4.62. The van der Waals surface area contributed by atoms with Crippen LogP contribution in [0.5, 0.6) is 0 Å². The molecular weight excluding hydrogens is 393 g/mol. The molecule has 1 aromatic heterocycles. The van der Waals surface area contributed by atoms with Gasteiger partial charge in [-0.2, -0.15) is 13.5 Å². The summed E-state index contributed by atoms with van der Waals surface area (Å²) in [6, 6.07) is 4.94. The van der Waals surface area contributed by atoms with E-state index in [2.05, 4.69) is 10.1 Å². The average Bonchev–Trinajstić information content (AvgIpc) is 3.15. The van der Waals surface area contributed by atoms with Crippen molar-refractivity contribution < 1.29 is 22.1 Å². The van der Waals surface area contributed by atoms with Gasteiger partial charge in [-0.3, -0.25) is 4.18 Å². The van der Waals surface area contributed by atoms with E-state index in [4.69, 9.17) is 36.9 Å². The molecule has 0 bridgehead atoms. The summed E-state index contributed by atoms with van der Waals surface area (Å²) in [7, 11) is -3.58. The minimum absolute atomic E-state index is 0.128. The SMILES string of the molecule is CS(=O)(=O)OC[C@H]1COC(Cn2cncn2)(c2ccc(Cl)cc2Cl)O1. The van der Waals surface area contributed by atoms with Crippen LogP contribution in [0.2, 0.25) is 10.0 Å². The first-order chi connectivity index (χ1) is 11.8. The predicted molar refractivity (Wildman–Crippen MR) is 89.8 cm³/mol. The lowest BCUT2D eigenvalue weighted by atomic mass is 10.1. The maximum Gasteiger partial charge on any atom is 0.264 e. The summed E-state index contributed by atoms with van der Waals surface area (Å²) in [5, 5.41) is 4.89. The quantitative estimate of drug-likeness (QED) is 0.674. The first-order valence-electron chi connectivity index (χ1n) is 7.21. The minimum atomic E-state index is -3.58. The van der Waals surface area contributed by atoms with E-state index in [1.165, 1.54) is 17.3 Å². The van der Waals surface area contributed by atoms with Crippen LogP contribution < -0.4 is 0 Å². The molecule has 1 unspecified atom stereocenters. The fourth-order valence-electron chi connectivity index (χ4n) is 2.48. The van der Waals surface area contributed by atoms with Crippen LogP contribution in [0.1, 0.15) is 5.56 Å². The number of rotatable bonds is 6. The summed E-state index contributed by atoms with van der Waals surface area (Å²) in [6.45, 7) is 0.135. The zero-order chi connectivity index (χ0) is 18.1. The third kappa shape index (κ3) is 4.49. The molecule has 11 heteroatoms. The Morgan fingerprint density at radius 1 is 1.44 bits per heavy atom. The second-order valence-corrected chi connectivity index (χ2v) is 8.00. The van der Waals surface area contributed by atoms with E-state index in [-0.39, 0.29) is 19.8 Å². The predicted octanol–water partition coefficient (Wildman–Crippen LogP) is 1.83. The Morgan fingerprint density at radius 3 is 2.88 bits per heavy atom. The fourth-order valence-corrected chi connectivity index (χ4v) is 3.43. The Bertz CT molecular complexity index is 846. The summed E-state index contributed by atoms with van der Waals surface area (Å²) in [4.78, 5) is 3.90. The summed E-state index contributed by atoms with van der Waals surface area (Å²) < 4.78 is 40.6. The Kier molecular flexibility index (Phi) is 5.33. The molecule has 2 aromatic rings. The molecule has 1 aromatic carbocycles. The van der Waals surface area contributed by atoms with Crippen LogP contribution >= 0.6 is 23.2 Å². The number of hydrogen-bond acceptors (Lipinski definition) is 7. The Hall–Kier alpha value is -1.23. The van der Waals surface area contributed by atoms with Gasteiger partial charge in [-0.05, 0) is 12.1 Å². The molecule has 0 amide bonds. The van der Waals surface area contributed by atoms with Gasteiger partial charge in [-0.25, -0.2) is 9.67 Å². The summed E-state index contributed by atoms with van der Waals surface area (Å²) >= 11 is 12.3. The Balaban J connectivity index is 1.88. The van der Waals surface area contributed by atoms with E-state index in [1.807, 2.05) is 0 Å². The molecule has 1 aliphatic rings. The van der Waals surface area contributed by atoms with Crippen molar-refractivity contribution in [2.45, 2.75) is 18.4 Å². The van der Waals surface area contributed by atoms with E-state index in [1.54, 1.807) is 18.2 Å². The molecule has 2 heterocycles. The van der Waals surface area contributed by atoms with Gasteiger partial charge in [0.15, 0.2) is 0 Å². The van der Waals surface area contributed by atoms with Gasteiger partial charge < -0.3 is 9.47 Å². The molecule has 1 aliphatic heterocycles. The average molecular weight is 408 g/mol. The van der Waals surface area contributed by atoms with Crippen molar-refractivity contribution in [2.24, 2.45) is 0 Å². The van der Waals surface area contributed by atoms with E-state index >= 15 is 0 Å². The van der Waals surface area contributed by atoms with Gasteiger partial charge in [0, 0.05) is 10.6 Å². The van der Waals surface area contributed by atoms with Crippen molar-refractivity contribution in [3.05, 3.63) is 46.5 Å². The summed E-state index contributed by atoms with van der Waals surface area (Å²) in [6.07, 6.45) is 3.28. The van der Waals surface area contributed by atoms with Gasteiger partial charge in [0.25, 0.3) is 10.1 Å². The van der Waals surface area contributed by atoms with Gasteiger partial charge in [0.05, 0.1) is 24.5 Å². The fraction of sp³-hybridized carbons (Fsp3) is 0.429. The topological polar surface area (TPSA) is 92.5 Å². The lowest BCUT2D eigenvalue weighted by molar-refractivity contribution is -0.190. The van der Waals surface area contributed by atoms with Crippen molar-refractivity contribution in [1.29, 1.82) is 0 Å². The molecule has 0 saturated carbocycles. The lowest BCUT2D eigenvalue weighted by Crippen LogP contribution is -2.35. The molecule has 136 valence electrons. The van der Waals surface area contributed by atoms with E-state index in [0.29, 0.717) is 15.6 Å². The minimum Gasteiger partial charge on any atom is -0.342 e. The number of aromatic nitrogens is 3. The standard InChI is InChI=1S/C14H15Cl2N3O5S/c1-25(20,21)23-6-11-5-22-14(24-11,7-19-9-17-8-18-19)12-3-2-10(15)4-13(12)16/h2-4,8-9,11H,5-7H2,1H3/t11-,14?/m1/s1. The monoisotopic (exact) mass is 407 g/mol. The number of hydrogen-bond donors (Lipinski definition) is 0. The number of halogens is 2. The highest BCUT2D eigenvalue weighted by atomic mass is 35.5. The zero-order valence-electron chi connectivity index (χ0n) is 13.1. The Labute approximate surface area is 154 Å². The Morgan fingerprint density at radius 2 is 2.24 bits per heavy atom. The molecule has 0 aliphatic carbocycles. The lowest BCUT2D eigenvalue weighted by Gasteiger charge is -2.29. The largest absolute Gasteiger partial charge is 0.342 e. The zero-order valence-corrected chi connectivity index (χ0v) is 15.5. The normalized spacial score (nSPS) is 23.9. The van der Waals surface area contributed by atoms with Crippen LogP contribution in [-0.2, 0) is 36.1 Å². The highest BCUT2D eigenvalue weighted by Gasteiger charge is 2.45. The smallest absolute Gasteiger partial charge is 0.264 e. The van der Waals surface area contributed by atoms with Gasteiger partial charge in [-0.1, -0.05) is 29.3 Å². The molecule has 0 spiro atoms. The molecule has 1 fully saturated rings. The van der Waals surface area contributed by atoms with E-state index in [0.717, 1.165) is 6.26 Å². The molecule has 25 heavy (non-hydrogen) atoms. The molecule has 2 atom stereocenters. The first-order valence-corrected chi connectivity index (χ1v) is 9.79. The number of nitrogens with zero attached hydrogens (tertiary/aromatic N) is 3. The summed E-state index contributed by atoms with van der Waals surface area (Å²) in [5.41, 5.74) is 0.552. The van der Waals surface area contributed by atoms with Crippen molar-refractivity contribution >= 4 is 33.3 Å². The van der Waals surface area contributed by atoms with Crippen molar-refractivity contribution in [2.75, 3.05) is 19.5 Å². The molecule has 8 nitrogen and oxygen atoms in total. The highest BCUT2D eigenvalue weighted by Crippen LogP contribution is 2.40. The van der Waals surface area contributed by atoms with Crippen molar-refractivity contribution in [3.8, 4) is 0 Å². The van der Waals surface area contributed by atoms with Crippen LogP contribution in [0.15, 0.2) is 30.9 Å². The highest BCUT2D eigenvalue weighted by molar-refractivity contribution is 7.85. The van der Waals surface area contributed by atoms with Crippen LogP contribution in [0, 0.1) is 0 Å². The van der Waals surface area contributed by atoms with Crippen LogP contribution in [-0.4, -0.2) is 48.8 Å². The second kappa shape index (κ2) is 7.18. The maximum absolute atomic E-state index is 11.2. The van der Waals surface area contributed by atoms with Gasteiger partial charge in [0.2, 0.25) is 5.79 Å². The second-order valence-electron chi connectivity index (χ2n) is 5.51. The van der Waals surface area contributed by atoms with Crippen molar-refractivity contribution in [1.82, 2.24) is 14.8 Å². The summed E-state index contributed by atoms with van der Waals surface area (Å²) in [5.74, 6) is -1.26. The van der Waals surface area contributed by atoms with Crippen molar-refractivity contribution in [3.63, 3.8) is 0 Å². The van der Waals surface area contributed by atoms with E-state index in [9.17, 15) is 8.42 Å². The van der Waals surface area contributed by atoms with E-state index < -0.39 is 22.0 Å². The molecule has 0 radical (unpaired) electrons. The third-order valence-electron chi connectivity index (χ3n) is 3.51. The number of benzene rings is 1. The molecular formula is C14H15Cl2N3O5S. The molecule has 1 saturated heterocycles. The van der Waals surface area contributed by atoms with Crippen LogP contribution in [0.25, 0.3) is 0 Å². The molecule has 3 rings (SSSR count). The van der Waals surface area contributed by atoms with Gasteiger partial charge in [0.1, 0.15) is 25.3 Å². The van der Waals surface area contributed by atoms with Crippen LogP contribution in [0.3, 0.4) is 0 Å².